The van der Waals surface area contributed by atoms with E-state index in [0.717, 1.165) is 43.4 Å². The highest BCUT2D eigenvalue weighted by Crippen LogP contribution is 2.48. The predicted molar refractivity (Wildman–Crippen MR) is 220 cm³/mol. The van der Waals surface area contributed by atoms with Crippen LogP contribution in [-0.2, 0) is 18.5 Å². The summed E-state index contributed by atoms with van der Waals surface area (Å²) in [5.74, 6) is 0.352. The monoisotopic (exact) mass is 698 g/mol. The zero-order valence-electron chi connectivity index (χ0n) is 32.3. The normalized spacial score (nSPS) is 14.8. The molecule has 4 heterocycles. The number of nitrogens with zero attached hydrogens (tertiary/aromatic N) is 2. The Labute approximate surface area is 316 Å². The van der Waals surface area contributed by atoms with Gasteiger partial charge in [-0.2, -0.15) is 9.13 Å². The van der Waals surface area contributed by atoms with Gasteiger partial charge in [0.1, 0.15) is 17.7 Å². The summed E-state index contributed by atoms with van der Waals surface area (Å²) < 4.78 is 11.6. The van der Waals surface area contributed by atoms with E-state index in [1.54, 1.807) is 0 Å². The van der Waals surface area contributed by atoms with Crippen LogP contribution in [0.2, 0.25) is 0 Å². The Morgan fingerprint density at radius 1 is 0.642 bits per heavy atom. The van der Waals surface area contributed by atoms with Gasteiger partial charge in [0.2, 0.25) is 11.4 Å². The quantitative estimate of drug-likeness (QED) is 0.0919. The highest BCUT2D eigenvalue weighted by Gasteiger charge is 2.51. The van der Waals surface area contributed by atoms with Crippen LogP contribution in [0.3, 0.4) is 0 Å². The van der Waals surface area contributed by atoms with Crippen molar-refractivity contribution < 1.29 is 13.6 Å². The first-order valence-electron chi connectivity index (χ1n) is 20.1. The van der Waals surface area contributed by atoms with E-state index < -0.39 is 0 Å². The van der Waals surface area contributed by atoms with E-state index in [0.29, 0.717) is 5.92 Å². The molecule has 4 aromatic carbocycles. The number of rotatable bonds is 12. The zero-order chi connectivity index (χ0) is 36.5. The molecular weight excluding hydrogens is 645 g/mol. The summed E-state index contributed by atoms with van der Waals surface area (Å²) in [5.41, 5.74) is 15.3. The third-order valence-electron chi connectivity index (χ3n) is 12.4. The van der Waals surface area contributed by atoms with E-state index in [9.17, 15) is 0 Å². The van der Waals surface area contributed by atoms with Crippen LogP contribution in [0.4, 0.5) is 0 Å². The van der Waals surface area contributed by atoms with Gasteiger partial charge in [0.05, 0.1) is 11.5 Å². The van der Waals surface area contributed by atoms with Gasteiger partial charge in [-0.15, -0.1) is 0 Å². The molecule has 3 aromatic heterocycles. The summed E-state index contributed by atoms with van der Waals surface area (Å²) in [4.78, 5) is 0. The number of aromatic nitrogens is 2. The van der Waals surface area contributed by atoms with Crippen molar-refractivity contribution in [2.45, 2.75) is 104 Å². The lowest BCUT2D eigenvalue weighted by Gasteiger charge is -2.40. The van der Waals surface area contributed by atoms with Crippen LogP contribution >= 0.6 is 0 Å². The minimum absolute atomic E-state index is 0.0540. The average Bonchev–Trinajstić information content (AvgIpc) is 3.55. The molecule has 53 heavy (non-hydrogen) atoms. The lowest BCUT2D eigenvalue weighted by atomic mass is 9.68. The molecule has 0 spiro atoms. The van der Waals surface area contributed by atoms with Crippen molar-refractivity contribution in [3.05, 3.63) is 144 Å². The first-order chi connectivity index (χ1) is 26.0. The summed E-state index contributed by atoms with van der Waals surface area (Å²) in [6, 6.07) is 40.5. The standard InChI is InChI=1S/C50H54N2O/c1-6-9-10-12-21-38-31-47-40-23-16-15-22-39(40)45(50(7-2,8-3)52(47)34-44(38)37-19-13-11-14-20-37)28-29-51-33-35(4)26-27-46(51)42-32-49-43(30-36(42)5)41-24-17-18-25-48(41)53-49/h11,13-20,22-27,30-34,45H,6-10,12,21,28-29H2,1-5H3/q+2. The SMILES string of the molecule is CCCCCCc1cc2[n+](cc1-c1ccccc1)C(CC)(CC)C(CC[n+]1cc(C)ccc1-c1cc3oc4ccccc4c3cc1C)c1ccccc1-2. The molecule has 1 unspecified atom stereocenters. The molecule has 0 N–H and O–H groups in total. The second-order valence-electron chi connectivity index (χ2n) is 15.4. The molecule has 0 saturated heterocycles. The summed E-state index contributed by atoms with van der Waals surface area (Å²) in [7, 11) is 0. The van der Waals surface area contributed by atoms with E-state index >= 15 is 0 Å². The predicted octanol–water partition coefficient (Wildman–Crippen LogP) is 12.6. The second kappa shape index (κ2) is 14.8. The maximum absolute atomic E-state index is 6.39. The highest BCUT2D eigenvalue weighted by atomic mass is 16.3. The van der Waals surface area contributed by atoms with Gasteiger partial charge in [-0.3, -0.25) is 0 Å². The number of hydrogen-bond donors (Lipinski definition) is 0. The minimum Gasteiger partial charge on any atom is -0.456 e. The van der Waals surface area contributed by atoms with Crippen LogP contribution in [0.15, 0.2) is 126 Å². The summed E-state index contributed by atoms with van der Waals surface area (Å²) in [6.45, 7) is 12.5. The first-order valence-corrected chi connectivity index (χ1v) is 20.1. The number of hydrogen-bond acceptors (Lipinski definition) is 1. The summed E-state index contributed by atoms with van der Waals surface area (Å²) >= 11 is 0. The van der Waals surface area contributed by atoms with Gasteiger partial charge >= 0.3 is 0 Å². The number of unbranched alkanes of at least 4 members (excludes halogenated alkanes) is 3. The third kappa shape index (κ3) is 6.28. The maximum Gasteiger partial charge on any atom is 0.213 e. The molecule has 3 nitrogen and oxygen atoms in total. The number of aryl methyl sites for hydroxylation is 4. The molecule has 268 valence electrons. The number of para-hydroxylation sites is 1. The summed E-state index contributed by atoms with van der Waals surface area (Å²) in [6.07, 6.45) is 14.3. The molecule has 0 radical (unpaired) electrons. The smallest absolute Gasteiger partial charge is 0.213 e. The molecule has 0 amide bonds. The Morgan fingerprint density at radius 3 is 2.23 bits per heavy atom. The Bertz CT molecular complexity index is 2400. The molecule has 0 saturated carbocycles. The van der Waals surface area contributed by atoms with E-state index in [-0.39, 0.29) is 5.54 Å². The number of pyridine rings is 2. The Balaban J connectivity index is 1.22. The third-order valence-corrected chi connectivity index (χ3v) is 12.4. The Hall–Kier alpha value is -5.02. The average molecular weight is 699 g/mol. The number of benzene rings is 4. The van der Waals surface area contributed by atoms with Crippen LogP contribution in [0, 0.1) is 13.8 Å². The van der Waals surface area contributed by atoms with Gasteiger partial charge in [0.15, 0.2) is 17.9 Å². The van der Waals surface area contributed by atoms with Gasteiger partial charge in [-0.25, -0.2) is 0 Å². The van der Waals surface area contributed by atoms with E-state index in [1.807, 2.05) is 0 Å². The van der Waals surface area contributed by atoms with Crippen molar-refractivity contribution in [1.29, 1.82) is 0 Å². The van der Waals surface area contributed by atoms with Gasteiger partial charge in [-0.05, 0) is 79.3 Å². The van der Waals surface area contributed by atoms with Crippen LogP contribution in [0.25, 0.3) is 55.6 Å². The van der Waals surface area contributed by atoms with E-state index in [4.69, 9.17) is 4.42 Å². The largest absolute Gasteiger partial charge is 0.456 e. The second-order valence-corrected chi connectivity index (χ2v) is 15.4. The number of fused-ring (bicyclic) bond motifs is 6. The van der Waals surface area contributed by atoms with Gasteiger partial charge in [-0.1, -0.05) is 107 Å². The Kier molecular flexibility index (Phi) is 9.77. The maximum atomic E-state index is 6.39. The molecule has 0 fully saturated rings. The fourth-order valence-electron chi connectivity index (χ4n) is 9.51. The van der Waals surface area contributed by atoms with Crippen molar-refractivity contribution in [2.24, 2.45) is 0 Å². The lowest BCUT2D eigenvalue weighted by molar-refractivity contribution is -0.764. The van der Waals surface area contributed by atoms with E-state index in [2.05, 4.69) is 165 Å². The topological polar surface area (TPSA) is 20.9 Å². The molecule has 1 aliphatic rings. The lowest BCUT2D eigenvalue weighted by Crippen LogP contribution is -2.62. The molecule has 1 atom stereocenters. The van der Waals surface area contributed by atoms with Crippen LogP contribution in [-0.4, -0.2) is 0 Å². The number of furan rings is 1. The molecule has 8 rings (SSSR count). The van der Waals surface area contributed by atoms with Gasteiger partial charge in [0.25, 0.3) is 0 Å². The first kappa shape index (κ1) is 35.0. The molecule has 0 aliphatic carbocycles. The molecule has 1 aliphatic heterocycles. The minimum atomic E-state index is -0.0540. The van der Waals surface area contributed by atoms with Crippen LogP contribution < -0.4 is 9.13 Å². The van der Waals surface area contributed by atoms with E-state index in [1.165, 1.54) is 92.4 Å². The van der Waals surface area contributed by atoms with Crippen molar-refractivity contribution in [1.82, 2.24) is 0 Å². The van der Waals surface area contributed by atoms with Crippen LogP contribution in [0.5, 0.6) is 0 Å². The molecule has 7 aromatic rings. The molecule has 3 heteroatoms. The van der Waals surface area contributed by atoms with Crippen molar-refractivity contribution in [2.75, 3.05) is 0 Å². The molecular formula is C50H54N2O+2. The van der Waals surface area contributed by atoms with Gasteiger partial charge in [0, 0.05) is 58.9 Å². The molecule has 0 bridgehead atoms. The summed E-state index contributed by atoms with van der Waals surface area (Å²) in [5, 5.41) is 2.36. The van der Waals surface area contributed by atoms with Crippen LogP contribution in [0.1, 0.15) is 93.9 Å². The van der Waals surface area contributed by atoms with Crippen molar-refractivity contribution in [3.63, 3.8) is 0 Å². The zero-order valence-corrected chi connectivity index (χ0v) is 32.3. The van der Waals surface area contributed by atoms with Crippen molar-refractivity contribution >= 4 is 21.9 Å². The van der Waals surface area contributed by atoms with Gasteiger partial charge < -0.3 is 4.42 Å². The Morgan fingerprint density at radius 2 is 1.42 bits per heavy atom. The highest BCUT2D eigenvalue weighted by molar-refractivity contribution is 6.06. The van der Waals surface area contributed by atoms with Crippen molar-refractivity contribution in [3.8, 4) is 33.6 Å². The fourth-order valence-corrected chi connectivity index (χ4v) is 9.51. The fraction of sp³-hybridized carbons (Fsp3) is 0.320.